The lowest BCUT2D eigenvalue weighted by molar-refractivity contribution is 0.0215. The summed E-state index contributed by atoms with van der Waals surface area (Å²) in [7, 11) is 1.64. The molecule has 0 aromatic heterocycles. The first kappa shape index (κ1) is 15.7. The molecule has 120 valence electrons. The molecule has 22 heavy (non-hydrogen) atoms. The highest BCUT2D eigenvalue weighted by molar-refractivity contribution is 9.10. The third-order valence-electron chi connectivity index (χ3n) is 4.50. The van der Waals surface area contributed by atoms with Crippen LogP contribution in [-0.4, -0.2) is 42.9 Å². The number of ether oxygens (including phenoxy) is 2. The summed E-state index contributed by atoms with van der Waals surface area (Å²) in [5.41, 5.74) is 2.04. The highest BCUT2D eigenvalue weighted by atomic mass is 79.9. The third-order valence-corrected chi connectivity index (χ3v) is 5.09. The van der Waals surface area contributed by atoms with E-state index in [4.69, 9.17) is 9.47 Å². The van der Waals surface area contributed by atoms with Gasteiger partial charge in [0, 0.05) is 18.8 Å². The van der Waals surface area contributed by atoms with Crippen molar-refractivity contribution in [2.24, 2.45) is 5.92 Å². The molecule has 0 unspecified atom stereocenters. The fourth-order valence-electron chi connectivity index (χ4n) is 3.38. The highest BCUT2D eigenvalue weighted by Crippen LogP contribution is 2.39. The van der Waals surface area contributed by atoms with Gasteiger partial charge < -0.3 is 19.5 Å². The summed E-state index contributed by atoms with van der Waals surface area (Å²) in [5, 5.41) is 10.5. The molecule has 1 N–H and O–H groups in total. The van der Waals surface area contributed by atoms with E-state index in [1.165, 1.54) is 0 Å². The molecule has 4 rings (SSSR count). The van der Waals surface area contributed by atoms with Gasteiger partial charge in [0.25, 0.3) is 0 Å². The maximum atomic E-state index is 10.5. The SMILES string of the molecule is CCOc1cc(/C=C2/[C@H](O)C3CCN2CC3)cc(Br)c1OC. The summed E-state index contributed by atoms with van der Waals surface area (Å²) in [6.45, 7) is 4.63. The van der Waals surface area contributed by atoms with E-state index in [-0.39, 0.29) is 6.10 Å². The lowest BCUT2D eigenvalue weighted by Crippen LogP contribution is -2.48. The number of rotatable bonds is 4. The second-order valence-electron chi connectivity index (χ2n) is 5.81. The molecule has 3 heterocycles. The second-order valence-corrected chi connectivity index (χ2v) is 6.66. The molecule has 4 nitrogen and oxygen atoms in total. The quantitative estimate of drug-likeness (QED) is 0.886. The minimum absolute atomic E-state index is 0.348. The molecule has 3 aliphatic rings. The Kier molecular flexibility index (Phi) is 4.64. The van der Waals surface area contributed by atoms with Gasteiger partial charge in [-0.1, -0.05) is 0 Å². The lowest BCUT2D eigenvalue weighted by Gasteiger charge is -2.46. The van der Waals surface area contributed by atoms with Gasteiger partial charge in [-0.3, -0.25) is 0 Å². The number of halogens is 1. The molecule has 0 amide bonds. The van der Waals surface area contributed by atoms with Gasteiger partial charge in [-0.25, -0.2) is 0 Å². The van der Waals surface area contributed by atoms with Crippen LogP contribution in [0.5, 0.6) is 11.5 Å². The molecule has 1 aromatic rings. The average Bonchev–Trinajstić information content (AvgIpc) is 2.51. The number of hydrogen-bond donors (Lipinski definition) is 1. The van der Waals surface area contributed by atoms with E-state index < -0.39 is 0 Å². The van der Waals surface area contributed by atoms with Crippen LogP contribution in [0.3, 0.4) is 0 Å². The van der Waals surface area contributed by atoms with Crippen molar-refractivity contribution >= 4 is 22.0 Å². The number of nitrogens with zero attached hydrogens (tertiary/aromatic N) is 1. The molecule has 1 aromatic carbocycles. The molecule has 0 spiro atoms. The number of hydrogen-bond acceptors (Lipinski definition) is 4. The molecule has 0 aliphatic carbocycles. The normalized spacial score (nSPS) is 25.6. The van der Waals surface area contributed by atoms with Crippen molar-refractivity contribution in [3.63, 3.8) is 0 Å². The van der Waals surface area contributed by atoms with E-state index in [2.05, 4.69) is 26.9 Å². The zero-order valence-corrected chi connectivity index (χ0v) is 14.6. The zero-order chi connectivity index (χ0) is 15.7. The Labute approximate surface area is 139 Å². The van der Waals surface area contributed by atoms with Gasteiger partial charge in [0.05, 0.1) is 24.3 Å². The Morgan fingerprint density at radius 2 is 2.09 bits per heavy atom. The molecular formula is C17H22BrNO3. The van der Waals surface area contributed by atoms with E-state index in [1.807, 2.05) is 19.1 Å². The highest BCUT2D eigenvalue weighted by Gasteiger charge is 2.36. The Morgan fingerprint density at radius 1 is 1.36 bits per heavy atom. The van der Waals surface area contributed by atoms with Crippen LogP contribution < -0.4 is 9.47 Å². The predicted molar refractivity (Wildman–Crippen MR) is 90.1 cm³/mol. The molecule has 1 atom stereocenters. The van der Waals surface area contributed by atoms with Gasteiger partial charge in [0.2, 0.25) is 0 Å². The summed E-state index contributed by atoms with van der Waals surface area (Å²) in [4.78, 5) is 2.29. The Balaban J connectivity index is 1.96. The van der Waals surface area contributed by atoms with E-state index in [1.54, 1.807) is 7.11 Å². The van der Waals surface area contributed by atoms with E-state index in [9.17, 15) is 5.11 Å². The average molecular weight is 368 g/mol. The first-order valence-corrected chi connectivity index (χ1v) is 8.58. The predicted octanol–water partition coefficient (Wildman–Crippen LogP) is 3.28. The second kappa shape index (κ2) is 6.50. The lowest BCUT2D eigenvalue weighted by atomic mass is 9.83. The van der Waals surface area contributed by atoms with Crippen LogP contribution >= 0.6 is 15.9 Å². The van der Waals surface area contributed by atoms with Crippen LogP contribution in [0.1, 0.15) is 25.3 Å². The van der Waals surface area contributed by atoms with Crippen LogP contribution in [0, 0.1) is 5.92 Å². The number of methoxy groups -OCH3 is 1. The largest absolute Gasteiger partial charge is 0.492 e. The van der Waals surface area contributed by atoms with Gasteiger partial charge >= 0.3 is 0 Å². The molecule has 0 radical (unpaired) electrons. The summed E-state index contributed by atoms with van der Waals surface area (Å²) in [6, 6.07) is 3.97. The van der Waals surface area contributed by atoms with Crippen LogP contribution in [0.2, 0.25) is 0 Å². The summed E-state index contributed by atoms with van der Waals surface area (Å²) < 4.78 is 11.9. The van der Waals surface area contributed by atoms with E-state index in [0.717, 1.165) is 47.4 Å². The van der Waals surface area contributed by atoms with Crippen molar-refractivity contribution in [3.05, 3.63) is 27.9 Å². The van der Waals surface area contributed by atoms with Crippen molar-refractivity contribution in [2.45, 2.75) is 25.9 Å². The first-order valence-electron chi connectivity index (χ1n) is 7.79. The number of aliphatic hydroxyl groups is 1. The number of aliphatic hydroxyl groups excluding tert-OH is 1. The van der Waals surface area contributed by atoms with Crippen molar-refractivity contribution in [1.29, 1.82) is 0 Å². The van der Waals surface area contributed by atoms with Crippen LogP contribution in [-0.2, 0) is 0 Å². The monoisotopic (exact) mass is 367 g/mol. The van der Waals surface area contributed by atoms with Gasteiger partial charge in [0.15, 0.2) is 11.5 Å². The Morgan fingerprint density at radius 3 is 2.68 bits per heavy atom. The van der Waals surface area contributed by atoms with Crippen molar-refractivity contribution < 1.29 is 14.6 Å². The third kappa shape index (κ3) is 2.84. The van der Waals surface area contributed by atoms with Crippen molar-refractivity contribution in [3.8, 4) is 11.5 Å². The fraction of sp³-hybridized carbons (Fsp3) is 0.529. The standard InChI is InChI=1S/C17H22BrNO3/c1-3-22-15-10-11(8-13(18)17(15)21-2)9-14-16(20)12-4-6-19(14)7-5-12/h8-10,12,16,20H,3-7H2,1-2H3/b14-9-/t16-/m1/s1. The Hall–Kier alpha value is -1.20. The van der Waals surface area contributed by atoms with Crippen LogP contribution in [0.15, 0.2) is 22.3 Å². The van der Waals surface area contributed by atoms with Crippen LogP contribution in [0.4, 0.5) is 0 Å². The summed E-state index contributed by atoms with van der Waals surface area (Å²) in [6.07, 6.45) is 3.91. The Bertz CT molecular complexity index is 576. The summed E-state index contributed by atoms with van der Waals surface area (Å²) in [5.74, 6) is 1.83. The molecule has 3 fully saturated rings. The number of benzene rings is 1. The fourth-order valence-corrected chi connectivity index (χ4v) is 4.00. The maximum Gasteiger partial charge on any atom is 0.174 e. The smallest absolute Gasteiger partial charge is 0.174 e. The van der Waals surface area contributed by atoms with E-state index >= 15 is 0 Å². The van der Waals surface area contributed by atoms with Crippen molar-refractivity contribution in [1.82, 2.24) is 4.90 Å². The van der Waals surface area contributed by atoms with Gasteiger partial charge in [-0.05, 0) is 65.4 Å². The van der Waals surface area contributed by atoms with Crippen molar-refractivity contribution in [2.75, 3.05) is 26.8 Å². The molecule has 3 saturated heterocycles. The number of fused-ring (bicyclic) bond motifs is 3. The molecule has 0 saturated carbocycles. The summed E-state index contributed by atoms with van der Waals surface area (Å²) >= 11 is 3.54. The number of piperidine rings is 3. The first-order chi connectivity index (χ1) is 10.6. The van der Waals surface area contributed by atoms with Gasteiger partial charge in [0.1, 0.15) is 0 Å². The minimum atomic E-state index is -0.348. The zero-order valence-electron chi connectivity index (χ0n) is 13.0. The minimum Gasteiger partial charge on any atom is -0.492 e. The van der Waals surface area contributed by atoms with E-state index in [0.29, 0.717) is 18.3 Å². The van der Waals surface area contributed by atoms with Gasteiger partial charge in [-0.15, -0.1) is 0 Å². The van der Waals surface area contributed by atoms with Crippen LogP contribution in [0.25, 0.3) is 6.08 Å². The molecule has 5 heteroatoms. The van der Waals surface area contributed by atoms with Gasteiger partial charge in [-0.2, -0.15) is 0 Å². The topological polar surface area (TPSA) is 41.9 Å². The molecule has 2 bridgehead atoms. The molecular weight excluding hydrogens is 346 g/mol. The molecule has 3 aliphatic heterocycles. The maximum absolute atomic E-state index is 10.5.